The van der Waals surface area contributed by atoms with Crippen molar-refractivity contribution in [1.82, 2.24) is 0 Å². The minimum Gasteiger partial charge on any atom is -0.491 e. The van der Waals surface area contributed by atoms with Crippen LogP contribution in [0.5, 0.6) is 23.0 Å². The van der Waals surface area contributed by atoms with E-state index in [-0.39, 0.29) is 0 Å². The van der Waals surface area contributed by atoms with E-state index < -0.39 is 0 Å². The molecule has 1 heterocycles. The molecule has 0 radical (unpaired) electrons. The van der Waals surface area contributed by atoms with E-state index in [1.54, 1.807) is 0 Å². The zero-order valence-corrected chi connectivity index (χ0v) is 37.5. The van der Waals surface area contributed by atoms with Gasteiger partial charge in [0.2, 0.25) is 0 Å². The van der Waals surface area contributed by atoms with Crippen molar-refractivity contribution >= 4 is 107 Å². The second-order valence-electron chi connectivity index (χ2n) is 13.8. The van der Waals surface area contributed by atoms with Crippen LogP contribution in [0.2, 0.25) is 0 Å². The summed E-state index contributed by atoms with van der Waals surface area (Å²) in [6, 6.07) is 41.8. The summed E-state index contributed by atoms with van der Waals surface area (Å²) < 4.78 is 42.6. The lowest BCUT2D eigenvalue weighted by atomic mass is 9.92. The molecular formula is C48H36Br4O6. The highest BCUT2D eigenvalue weighted by molar-refractivity contribution is 9.11. The molecule has 292 valence electrons. The number of ether oxygens (including phenoxy) is 6. The molecule has 0 unspecified atom stereocenters. The average Bonchev–Trinajstić information content (AvgIpc) is 3.22. The summed E-state index contributed by atoms with van der Waals surface area (Å²) in [4.78, 5) is 0. The van der Waals surface area contributed by atoms with Crippen molar-refractivity contribution in [2.24, 2.45) is 0 Å². The van der Waals surface area contributed by atoms with Crippen LogP contribution in [0.1, 0.15) is 0 Å². The molecule has 9 rings (SSSR count). The highest BCUT2D eigenvalue weighted by Crippen LogP contribution is 2.48. The predicted octanol–water partition coefficient (Wildman–Crippen LogP) is 13.9. The quantitative estimate of drug-likeness (QED) is 0.151. The lowest BCUT2D eigenvalue weighted by Crippen LogP contribution is -2.14. The fourth-order valence-electron chi connectivity index (χ4n) is 7.68. The van der Waals surface area contributed by atoms with Crippen molar-refractivity contribution < 1.29 is 28.4 Å². The van der Waals surface area contributed by atoms with Gasteiger partial charge in [0, 0.05) is 40.1 Å². The topological polar surface area (TPSA) is 55.4 Å². The Hall–Kier alpha value is -4.16. The molecule has 58 heavy (non-hydrogen) atoms. The van der Waals surface area contributed by atoms with E-state index in [4.69, 9.17) is 28.4 Å². The zero-order chi connectivity index (χ0) is 39.6. The first kappa shape index (κ1) is 39.3. The van der Waals surface area contributed by atoms with Crippen LogP contribution in [-0.4, -0.2) is 52.9 Å². The number of rotatable bonds is 0. The van der Waals surface area contributed by atoms with Gasteiger partial charge in [-0.25, -0.2) is 0 Å². The standard InChI is InChI=1S/C48H36Br4O6/c49-33-5-9-37-29(25-33)1-13-41-45(37)46-38-10-6-34(50)26-30(38)2-14-42(46)56-22-19-54-20-24-58-44-16-4-32-28-36(52)8-12-40(32)48(44)47-39-11-7-35(51)27-31(39)3-15-43(47)57-23-18-53-17-21-55-41/h1-16,25-28H,17-24H2. The van der Waals surface area contributed by atoms with E-state index in [0.29, 0.717) is 52.9 Å². The Morgan fingerprint density at radius 2 is 0.517 bits per heavy atom. The molecule has 0 aromatic heterocycles. The van der Waals surface area contributed by atoms with Crippen LogP contribution in [-0.2, 0) is 9.47 Å². The lowest BCUT2D eigenvalue weighted by molar-refractivity contribution is 0.0759. The van der Waals surface area contributed by atoms with E-state index >= 15 is 0 Å². The molecule has 0 aliphatic carbocycles. The summed E-state index contributed by atoms with van der Waals surface area (Å²) >= 11 is 14.7. The minimum atomic E-state index is 0.345. The first-order valence-corrected chi connectivity index (χ1v) is 22.1. The molecule has 0 atom stereocenters. The molecule has 0 amide bonds. The Kier molecular flexibility index (Phi) is 11.9. The third-order valence-electron chi connectivity index (χ3n) is 10.2. The molecule has 8 aromatic rings. The fourth-order valence-corrected chi connectivity index (χ4v) is 9.20. The molecule has 0 saturated heterocycles. The van der Waals surface area contributed by atoms with Gasteiger partial charge >= 0.3 is 0 Å². The number of fused-ring (bicyclic) bond motifs is 14. The summed E-state index contributed by atoms with van der Waals surface area (Å²) in [6.07, 6.45) is 0. The highest BCUT2D eigenvalue weighted by Gasteiger charge is 2.22. The summed E-state index contributed by atoms with van der Waals surface area (Å²) in [7, 11) is 0. The van der Waals surface area contributed by atoms with Gasteiger partial charge in [-0.15, -0.1) is 0 Å². The molecular weight excluding hydrogens is 992 g/mol. The molecule has 1 aliphatic rings. The average molecular weight is 1030 g/mol. The smallest absolute Gasteiger partial charge is 0.128 e. The maximum absolute atomic E-state index is 6.58. The molecule has 6 nitrogen and oxygen atoms in total. The first-order chi connectivity index (χ1) is 28.4. The van der Waals surface area contributed by atoms with Crippen LogP contribution in [0, 0.1) is 0 Å². The Balaban J connectivity index is 1.08. The van der Waals surface area contributed by atoms with Crippen molar-refractivity contribution in [2.45, 2.75) is 0 Å². The van der Waals surface area contributed by atoms with E-state index in [1.807, 2.05) is 24.3 Å². The van der Waals surface area contributed by atoms with Gasteiger partial charge in [0.25, 0.3) is 0 Å². The highest BCUT2D eigenvalue weighted by atomic mass is 79.9. The third kappa shape index (κ3) is 8.20. The third-order valence-corrected chi connectivity index (χ3v) is 12.2. The fraction of sp³-hybridized carbons (Fsp3) is 0.167. The van der Waals surface area contributed by atoms with E-state index in [1.165, 1.54) is 0 Å². The summed E-state index contributed by atoms with van der Waals surface area (Å²) in [5.74, 6) is 2.98. The molecule has 10 heteroatoms. The van der Waals surface area contributed by atoms with Crippen LogP contribution in [0.3, 0.4) is 0 Å². The van der Waals surface area contributed by atoms with E-state index in [9.17, 15) is 0 Å². The van der Waals surface area contributed by atoms with Gasteiger partial charge in [0.1, 0.15) is 49.4 Å². The zero-order valence-electron chi connectivity index (χ0n) is 31.2. The second kappa shape index (κ2) is 17.6. The molecule has 0 bridgehead atoms. The van der Waals surface area contributed by atoms with Gasteiger partial charge in [-0.05, 0) is 116 Å². The Morgan fingerprint density at radius 3 is 0.759 bits per heavy atom. The monoisotopic (exact) mass is 1020 g/mol. The van der Waals surface area contributed by atoms with E-state index in [0.717, 1.165) is 106 Å². The van der Waals surface area contributed by atoms with E-state index in [2.05, 4.69) is 161 Å². The number of halogens is 4. The molecule has 1 aliphatic heterocycles. The summed E-state index contributed by atoms with van der Waals surface area (Å²) in [5, 5.41) is 8.54. The summed E-state index contributed by atoms with van der Waals surface area (Å²) in [5.41, 5.74) is 3.84. The number of hydrogen-bond acceptors (Lipinski definition) is 6. The molecule has 0 fully saturated rings. The summed E-state index contributed by atoms with van der Waals surface area (Å²) in [6.45, 7) is 2.88. The van der Waals surface area contributed by atoms with Crippen molar-refractivity contribution in [2.75, 3.05) is 52.9 Å². The van der Waals surface area contributed by atoms with Crippen LogP contribution >= 0.6 is 63.7 Å². The Labute approximate surface area is 369 Å². The van der Waals surface area contributed by atoms with Crippen molar-refractivity contribution in [1.29, 1.82) is 0 Å². The maximum Gasteiger partial charge on any atom is 0.128 e. The maximum atomic E-state index is 6.58. The van der Waals surface area contributed by atoms with Crippen molar-refractivity contribution in [3.63, 3.8) is 0 Å². The molecule has 8 aromatic carbocycles. The van der Waals surface area contributed by atoms with Gasteiger partial charge in [-0.1, -0.05) is 112 Å². The minimum absolute atomic E-state index is 0.345. The van der Waals surface area contributed by atoms with Crippen LogP contribution in [0.4, 0.5) is 0 Å². The Bertz CT molecular complexity index is 2440. The first-order valence-electron chi connectivity index (χ1n) is 19.0. The second-order valence-corrected chi connectivity index (χ2v) is 17.5. The van der Waals surface area contributed by atoms with Crippen LogP contribution < -0.4 is 18.9 Å². The lowest BCUT2D eigenvalue weighted by Gasteiger charge is -2.21. The van der Waals surface area contributed by atoms with Gasteiger partial charge in [-0.2, -0.15) is 0 Å². The molecule has 0 saturated carbocycles. The van der Waals surface area contributed by atoms with Gasteiger partial charge in [0.05, 0.1) is 26.4 Å². The van der Waals surface area contributed by atoms with Gasteiger partial charge in [-0.3, -0.25) is 0 Å². The molecule has 0 spiro atoms. The van der Waals surface area contributed by atoms with Crippen molar-refractivity contribution in [3.05, 3.63) is 139 Å². The Morgan fingerprint density at radius 1 is 0.276 bits per heavy atom. The number of benzene rings is 8. The van der Waals surface area contributed by atoms with Gasteiger partial charge in [0.15, 0.2) is 0 Å². The largest absolute Gasteiger partial charge is 0.491 e. The van der Waals surface area contributed by atoms with Crippen LogP contribution in [0.25, 0.3) is 65.3 Å². The van der Waals surface area contributed by atoms with Gasteiger partial charge < -0.3 is 28.4 Å². The predicted molar refractivity (Wildman–Crippen MR) is 248 cm³/mol. The van der Waals surface area contributed by atoms with Crippen LogP contribution in [0.15, 0.2) is 139 Å². The normalized spacial score (nSPS) is 14.4. The number of hydrogen-bond donors (Lipinski definition) is 0. The van der Waals surface area contributed by atoms with Crippen molar-refractivity contribution in [3.8, 4) is 45.3 Å². The molecule has 0 N–H and O–H groups in total. The SMILES string of the molecule is Brc1ccc2c3c(ccc2c1)OCCOCCOc1ccc2cc(Br)ccc2c1-c1c(ccc2cc(Br)ccc12)OCCOCCOc1ccc2cc(Br)ccc2c1-3.